The molecule has 6 nitrogen and oxygen atoms in total. The number of likely N-dealkylation sites (tertiary alicyclic amines) is 1. The van der Waals surface area contributed by atoms with Crippen LogP contribution in [0, 0.1) is 0 Å². The fourth-order valence-electron chi connectivity index (χ4n) is 3.11. The fraction of sp³-hybridized carbons (Fsp3) is 0.421. The number of aliphatic carboxylic acids is 1. The van der Waals surface area contributed by atoms with Crippen molar-refractivity contribution in [3.05, 3.63) is 42.2 Å². The number of benzene rings is 1. The summed E-state index contributed by atoms with van der Waals surface area (Å²) >= 11 is 0. The van der Waals surface area contributed by atoms with E-state index in [0.717, 1.165) is 30.8 Å². The van der Waals surface area contributed by atoms with E-state index in [0.29, 0.717) is 11.6 Å². The fourth-order valence-corrected chi connectivity index (χ4v) is 3.11. The third-order valence-corrected chi connectivity index (χ3v) is 4.33. The van der Waals surface area contributed by atoms with Crippen LogP contribution in [0.2, 0.25) is 0 Å². The van der Waals surface area contributed by atoms with Crippen LogP contribution >= 0.6 is 0 Å². The molecule has 3 rings (SSSR count). The number of ether oxygens (including phenoxy) is 1. The maximum Gasteiger partial charge on any atom is 0.341 e. The van der Waals surface area contributed by atoms with Crippen molar-refractivity contribution in [1.82, 2.24) is 14.9 Å². The maximum atomic E-state index is 10.9. The Labute approximate surface area is 147 Å². The van der Waals surface area contributed by atoms with E-state index in [9.17, 15) is 4.79 Å². The topological polar surface area (TPSA) is 75.5 Å². The summed E-state index contributed by atoms with van der Waals surface area (Å²) in [5, 5.41) is 8.90. The molecule has 25 heavy (non-hydrogen) atoms. The summed E-state index contributed by atoms with van der Waals surface area (Å²) in [6.45, 7) is 2.53. The summed E-state index contributed by atoms with van der Waals surface area (Å²) in [6, 6.07) is 7.49. The average Bonchev–Trinajstić information content (AvgIpc) is 2.90. The minimum Gasteiger partial charge on any atom is -0.482 e. The Balaban J connectivity index is 1.85. The first kappa shape index (κ1) is 17.4. The number of carbonyl (C=O) groups is 1. The lowest BCUT2D eigenvalue weighted by molar-refractivity contribution is -0.139. The van der Waals surface area contributed by atoms with Crippen molar-refractivity contribution in [2.45, 2.75) is 32.2 Å². The molecule has 1 aromatic heterocycles. The van der Waals surface area contributed by atoms with Gasteiger partial charge >= 0.3 is 5.97 Å². The second kappa shape index (κ2) is 8.58. The summed E-state index contributed by atoms with van der Waals surface area (Å²) in [7, 11) is 0. The van der Waals surface area contributed by atoms with Crippen LogP contribution in [-0.2, 0) is 11.3 Å². The van der Waals surface area contributed by atoms with Crippen molar-refractivity contribution in [3.8, 4) is 17.1 Å². The number of hydrogen-bond acceptors (Lipinski definition) is 5. The lowest BCUT2D eigenvalue weighted by Crippen LogP contribution is -2.24. The first-order chi connectivity index (χ1) is 12.2. The summed E-state index contributed by atoms with van der Waals surface area (Å²) < 4.78 is 5.50. The Kier molecular flexibility index (Phi) is 5.95. The van der Waals surface area contributed by atoms with E-state index in [1.807, 2.05) is 18.2 Å². The van der Waals surface area contributed by atoms with Crippen molar-refractivity contribution in [3.63, 3.8) is 0 Å². The number of carboxylic acid groups (broad SMARTS) is 1. The van der Waals surface area contributed by atoms with Crippen LogP contribution in [-0.4, -0.2) is 45.6 Å². The summed E-state index contributed by atoms with van der Waals surface area (Å²) in [4.78, 5) is 21.9. The summed E-state index contributed by atoms with van der Waals surface area (Å²) in [5.74, 6) is 0.298. The van der Waals surface area contributed by atoms with Crippen LogP contribution in [0.1, 0.15) is 31.2 Å². The Hall–Kier alpha value is -2.47. The molecule has 0 saturated carbocycles. The van der Waals surface area contributed by atoms with E-state index in [2.05, 4.69) is 14.9 Å². The largest absolute Gasteiger partial charge is 0.482 e. The summed E-state index contributed by atoms with van der Waals surface area (Å²) in [6.07, 6.45) is 8.38. The molecule has 0 aliphatic carbocycles. The van der Waals surface area contributed by atoms with Gasteiger partial charge in [0.1, 0.15) is 5.75 Å². The number of carboxylic acids is 1. The molecule has 2 heterocycles. The Bertz CT molecular complexity index is 698. The molecule has 0 unspecified atom stereocenters. The zero-order valence-corrected chi connectivity index (χ0v) is 14.2. The van der Waals surface area contributed by atoms with Gasteiger partial charge in [0.2, 0.25) is 0 Å². The van der Waals surface area contributed by atoms with Gasteiger partial charge in [-0.15, -0.1) is 0 Å². The number of hydrogen-bond donors (Lipinski definition) is 1. The molecule has 0 atom stereocenters. The van der Waals surface area contributed by atoms with E-state index in [-0.39, 0.29) is 6.61 Å². The monoisotopic (exact) mass is 341 g/mol. The second-order valence-electron chi connectivity index (χ2n) is 6.27. The van der Waals surface area contributed by atoms with E-state index in [4.69, 9.17) is 9.84 Å². The van der Waals surface area contributed by atoms with Gasteiger partial charge < -0.3 is 9.84 Å². The average molecular weight is 341 g/mol. The Morgan fingerprint density at radius 3 is 2.52 bits per heavy atom. The molecule has 6 heteroatoms. The highest BCUT2D eigenvalue weighted by molar-refractivity contribution is 5.68. The quantitative estimate of drug-likeness (QED) is 0.870. The SMILES string of the molecule is O=C(O)COc1ccc(-c2ncccn2)cc1CN1CCCCCC1. The summed E-state index contributed by atoms with van der Waals surface area (Å²) in [5.41, 5.74) is 1.89. The number of rotatable bonds is 6. The number of nitrogens with zero attached hydrogens (tertiary/aromatic N) is 3. The first-order valence-corrected chi connectivity index (χ1v) is 8.69. The molecule has 0 amide bonds. The zero-order chi connectivity index (χ0) is 17.5. The van der Waals surface area contributed by atoms with E-state index >= 15 is 0 Å². The molecule has 1 aliphatic heterocycles. The highest BCUT2D eigenvalue weighted by atomic mass is 16.5. The van der Waals surface area contributed by atoms with Crippen molar-refractivity contribution >= 4 is 5.97 Å². The minimum atomic E-state index is -0.976. The molecule has 1 fully saturated rings. The van der Waals surface area contributed by atoms with E-state index in [1.54, 1.807) is 18.5 Å². The van der Waals surface area contributed by atoms with Crippen molar-refractivity contribution in [2.24, 2.45) is 0 Å². The van der Waals surface area contributed by atoms with E-state index < -0.39 is 5.97 Å². The van der Waals surface area contributed by atoms with Crippen LogP contribution in [0.3, 0.4) is 0 Å². The highest BCUT2D eigenvalue weighted by Gasteiger charge is 2.15. The van der Waals surface area contributed by atoms with Gasteiger partial charge in [-0.05, 0) is 50.2 Å². The molecule has 0 spiro atoms. The minimum absolute atomic E-state index is 0.339. The standard InChI is InChI=1S/C19H23N3O3/c23-18(24)14-25-17-7-6-15(19-20-8-5-9-21-19)12-16(17)13-22-10-3-1-2-4-11-22/h5-9,12H,1-4,10-11,13-14H2,(H,23,24). The molecule has 0 radical (unpaired) electrons. The first-order valence-electron chi connectivity index (χ1n) is 8.69. The van der Waals surface area contributed by atoms with Crippen molar-refractivity contribution < 1.29 is 14.6 Å². The molecule has 1 N–H and O–H groups in total. The van der Waals surface area contributed by atoms with E-state index in [1.165, 1.54) is 25.7 Å². The molecule has 132 valence electrons. The third kappa shape index (κ3) is 5.00. The zero-order valence-electron chi connectivity index (χ0n) is 14.2. The van der Waals surface area contributed by atoms with Crippen molar-refractivity contribution in [2.75, 3.05) is 19.7 Å². The maximum absolute atomic E-state index is 10.9. The van der Waals surface area contributed by atoms with Gasteiger partial charge in [-0.25, -0.2) is 14.8 Å². The van der Waals surface area contributed by atoms with Crippen LogP contribution in [0.4, 0.5) is 0 Å². The molecule has 1 aromatic carbocycles. The molecule has 1 aliphatic rings. The molecule has 1 saturated heterocycles. The Morgan fingerprint density at radius 2 is 1.84 bits per heavy atom. The van der Waals surface area contributed by atoms with Crippen LogP contribution in [0.25, 0.3) is 11.4 Å². The lowest BCUT2D eigenvalue weighted by Gasteiger charge is -2.22. The Morgan fingerprint density at radius 1 is 1.12 bits per heavy atom. The van der Waals surface area contributed by atoms with Gasteiger partial charge in [-0.1, -0.05) is 12.8 Å². The molecule has 2 aromatic rings. The smallest absolute Gasteiger partial charge is 0.341 e. The van der Waals surface area contributed by atoms with Gasteiger partial charge in [0, 0.05) is 30.1 Å². The molecular weight excluding hydrogens is 318 g/mol. The van der Waals surface area contributed by atoms with Gasteiger partial charge in [0.05, 0.1) is 0 Å². The molecule has 0 bridgehead atoms. The van der Waals surface area contributed by atoms with Crippen LogP contribution in [0.5, 0.6) is 5.75 Å². The van der Waals surface area contributed by atoms with Gasteiger partial charge in [-0.3, -0.25) is 4.90 Å². The predicted octanol–water partition coefficient (Wildman–Crippen LogP) is 2.98. The second-order valence-corrected chi connectivity index (χ2v) is 6.27. The van der Waals surface area contributed by atoms with Crippen molar-refractivity contribution in [1.29, 1.82) is 0 Å². The van der Waals surface area contributed by atoms with Crippen LogP contribution < -0.4 is 4.74 Å². The lowest BCUT2D eigenvalue weighted by atomic mass is 10.1. The van der Waals surface area contributed by atoms with Gasteiger partial charge in [0.15, 0.2) is 12.4 Å². The normalized spacial score (nSPS) is 15.5. The highest BCUT2D eigenvalue weighted by Crippen LogP contribution is 2.27. The molecular formula is C19H23N3O3. The van der Waals surface area contributed by atoms with Crippen LogP contribution in [0.15, 0.2) is 36.7 Å². The third-order valence-electron chi connectivity index (χ3n) is 4.33. The van der Waals surface area contributed by atoms with Gasteiger partial charge in [0.25, 0.3) is 0 Å². The predicted molar refractivity (Wildman–Crippen MR) is 94.3 cm³/mol. The number of aromatic nitrogens is 2. The van der Waals surface area contributed by atoms with Gasteiger partial charge in [-0.2, -0.15) is 0 Å².